The van der Waals surface area contributed by atoms with E-state index in [4.69, 9.17) is 0 Å². The van der Waals surface area contributed by atoms with Crippen LogP contribution in [0.15, 0.2) is 54.6 Å². The second-order valence-electron chi connectivity index (χ2n) is 4.39. The highest BCUT2D eigenvalue weighted by molar-refractivity contribution is 5.94. The largest absolute Gasteiger partial charge is 0.508 e. The molecule has 0 aromatic heterocycles. The van der Waals surface area contributed by atoms with E-state index in [9.17, 15) is 9.90 Å². The summed E-state index contributed by atoms with van der Waals surface area (Å²) in [5.74, 6) is 0.147. The quantitative estimate of drug-likeness (QED) is 0.880. The minimum Gasteiger partial charge on any atom is -0.508 e. The van der Waals surface area contributed by atoms with Crippen molar-refractivity contribution in [2.24, 2.45) is 0 Å². The molecule has 2 N–H and O–H groups in total. The molecular weight excluding hydrogens is 238 g/mol. The van der Waals surface area contributed by atoms with Crippen molar-refractivity contribution in [2.45, 2.75) is 19.4 Å². The topological polar surface area (TPSA) is 49.3 Å². The highest BCUT2D eigenvalue weighted by Gasteiger charge is 2.13. The average molecular weight is 255 g/mol. The molecule has 0 heterocycles. The first kappa shape index (κ1) is 13.1. The van der Waals surface area contributed by atoms with Gasteiger partial charge in [-0.15, -0.1) is 0 Å². The first-order chi connectivity index (χ1) is 9.20. The SMILES string of the molecule is CCC(NC(=O)c1ccccc1)c1ccc(O)cc1. The summed E-state index contributed by atoms with van der Waals surface area (Å²) in [5, 5.41) is 12.3. The Kier molecular flexibility index (Phi) is 4.18. The van der Waals surface area contributed by atoms with Gasteiger partial charge in [0.15, 0.2) is 0 Å². The standard InChI is InChI=1S/C16H17NO2/c1-2-15(12-8-10-14(18)11-9-12)17-16(19)13-6-4-3-5-7-13/h3-11,15,18H,2H2,1H3,(H,17,19). The third-order valence-electron chi connectivity index (χ3n) is 3.05. The molecule has 0 aliphatic rings. The van der Waals surface area contributed by atoms with Gasteiger partial charge in [-0.2, -0.15) is 0 Å². The second-order valence-corrected chi connectivity index (χ2v) is 4.39. The van der Waals surface area contributed by atoms with Crippen LogP contribution >= 0.6 is 0 Å². The van der Waals surface area contributed by atoms with Crippen LogP contribution in [0.4, 0.5) is 0 Å². The van der Waals surface area contributed by atoms with Gasteiger partial charge in [0.2, 0.25) is 0 Å². The number of carbonyl (C=O) groups is 1. The molecule has 2 aromatic carbocycles. The average Bonchev–Trinajstić information content (AvgIpc) is 2.46. The summed E-state index contributed by atoms with van der Waals surface area (Å²) >= 11 is 0. The molecule has 0 radical (unpaired) electrons. The predicted octanol–water partition coefficient (Wildman–Crippen LogP) is 3.27. The summed E-state index contributed by atoms with van der Waals surface area (Å²) in [6.07, 6.45) is 0.795. The highest BCUT2D eigenvalue weighted by atomic mass is 16.3. The first-order valence-corrected chi connectivity index (χ1v) is 6.35. The number of phenolic OH excluding ortho intramolecular Hbond substituents is 1. The third kappa shape index (κ3) is 3.35. The molecule has 0 bridgehead atoms. The van der Waals surface area contributed by atoms with Gasteiger partial charge in [0.1, 0.15) is 5.75 Å². The Morgan fingerprint density at radius 1 is 1.11 bits per heavy atom. The molecule has 3 heteroatoms. The fourth-order valence-electron chi connectivity index (χ4n) is 1.96. The van der Waals surface area contributed by atoms with Crippen molar-refractivity contribution >= 4 is 5.91 Å². The zero-order valence-corrected chi connectivity index (χ0v) is 10.8. The van der Waals surface area contributed by atoms with Crippen molar-refractivity contribution in [3.8, 4) is 5.75 Å². The van der Waals surface area contributed by atoms with E-state index in [-0.39, 0.29) is 17.7 Å². The number of hydrogen-bond donors (Lipinski definition) is 2. The normalized spacial score (nSPS) is 11.8. The van der Waals surface area contributed by atoms with Crippen molar-refractivity contribution < 1.29 is 9.90 Å². The molecule has 1 amide bonds. The second kappa shape index (κ2) is 6.05. The summed E-state index contributed by atoms with van der Waals surface area (Å²) in [6, 6.07) is 16.0. The van der Waals surface area contributed by atoms with Crippen LogP contribution in [0.3, 0.4) is 0 Å². The molecule has 2 aromatic rings. The number of aromatic hydroxyl groups is 1. The maximum Gasteiger partial charge on any atom is 0.251 e. The molecule has 0 fully saturated rings. The molecule has 3 nitrogen and oxygen atoms in total. The summed E-state index contributed by atoms with van der Waals surface area (Å²) in [5.41, 5.74) is 1.64. The minimum atomic E-state index is -0.0828. The predicted molar refractivity (Wildman–Crippen MR) is 75.0 cm³/mol. The van der Waals surface area contributed by atoms with Crippen molar-refractivity contribution in [3.05, 3.63) is 65.7 Å². The lowest BCUT2D eigenvalue weighted by Gasteiger charge is -2.17. The number of phenols is 1. The summed E-state index contributed by atoms with van der Waals surface area (Å²) < 4.78 is 0. The molecule has 0 spiro atoms. The smallest absolute Gasteiger partial charge is 0.251 e. The van der Waals surface area contributed by atoms with E-state index in [1.807, 2.05) is 37.3 Å². The molecule has 1 atom stereocenters. The molecule has 98 valence electrons. The van der Waals surface area contributed by atoms with Gasteiger partial charge in [-0.05, 0) is 36.2 Å². The Bertz CT molecular complexity index is 534. The number of amides is 1. The number of carbonyl (C=O) groups excluding carboxylic acids is 1. The van der Waals surface area contributed by atoms with Crippen LogP contribution in [-0.2, 0) is 0 Å². The van der Waals surface area contributed by atoms with Crippen molar-refractivity contribution in [1.29, 1.82) is 0 Å². The first-order valence-electron chi connectivity index (χ1n) is 6.35. The number of nitrogens with one attached hydrogen (secondary N) is 1. The van der Waals surface area contributed by atoms with E-state index in [0.717, 1.165) is 12.0 Å². The van der Waals surface area contributed by atoms with Crippen LogP contribution < -0.4 is 5.32 Å². The maximum atomic E-state index is 12.1. The molecule has 1 unspecified atom stereocenters. The van der Waals surface area contributed by atoms with Crippen LogP contribution in [0, 0.1) is 0 Å². The number of hydrogen-bond acceptors (Lipinski definition) is 2. The van der Waals surface area contributed by atoms with Crippen LogP contribution in [0.1, 0.15) is 35.3 Å². The monoisotopic (exact) mass is 255 g/mol. The van der Waals surface area contributed by atoms with Gasteiger partial charge in [0, 0.05) is 5.56 Å². The third-order valence-corrected chi connectivity index (χ3v) is 3.05. The van der Waals surface area contributed by atoms with Crippen LogP contribution in [0.5, 0.6) is 5.75 Å². The number of benzene rings is 2. The summed E-state index contributed by atoms with van der Waals surface area (Å²) in [6.45, 7) is 2.02. The van der Waals surface area contributed by atoms with Crippen LogP contribution in [0.25, 0.3) is 0 Å². The van der Waals surface area contributed by atoms with Gasteiger partial charge in [0.25, 0.3) is 5.91 Å². The fourth-order valence-corrected chi connectivity index (χ4v) is 1.96. The molecule has 0 aliphatic heterocycles. The lowest BCUT2D eigenvalue weighted by molar-refractivity contribution is 0.0935. The fraction of sp³-hybridized carbons (Fsp3) is 0.188. The lowest BCUT2D eigenvalue weighted by atomic mass is 10.0. The zero-order valence-electron chi connectivity index (χ0n) is 10.8. The molecule has 19 heavy (non-hydrogen) atoms. The Morgan fingerprint density at radius 2 is 1.74 bits per heavy atom. The summed E-state index contributed by atoms with van der Waals surface area (Å²) in [7, 11) is 0. The van der Waals surface area contributed by atoms with Crippen LogP contribution in [0.2, 0.25) is 0 Å². The van der Waals surface area contributed by atoms with E-state index < -0.39 is 0 Å². The van der Waals surface area contributed by atoms with Gasteiger partial charge in [-0.1, -0.05) is 37.3 Å². The van der Waals surface area contributed by atoms with E-state index in [1.165, 1.54) is 0 Å². The molecule has 2 rings (SSSR count). The van der Waals surface area contributed by atoms with Crippen molar-refractivity contribution in [1.82, 2.24) is 5.32 Å². The lowest BCUT2D eigenvalue weighted by Crippen LogP contribution is -2.28. The van der Waals surface area contributed by atoms with Crippen molar-refractivity contribution in [3.63, 3.8) is 0 Å². The number of rotatable bonds is 4. The molecule has 0 saturated heterocycles. The van der Waals surface area contributed by atoms with Crippen molar-refractivity contribution in [2.75, 3.05) is 0 Å². The van der Waals surface area contributed by atoms with E-state index >= 15 is 0 Å². The Labute approximate surface area is 112 Å². The Hall–Kier alpha value is -2.29. The zero-order chi connectivity index (χ0) is 13.7. The Balaban J connectivity index is 2.11. The van der Waals surface area contributed by atoms with Gasteiger partial charge in [-0.3, -0.25) is 4.79 Å². The summed E-state index contributed by atoms with van der Waals surface area (Å²) in [4.78, 5) is 12.1. The highest BCUT2D eigenvalue weighted by Crippen LogP contribution is 2.19. The van der Waals surface area contributed by atoms with Gasteiger partial charge >= 0.3 is 0 Å². The molecule has 0 aliphatic carbocycles. The molecule has 0 saturated carbocycles. The van der Waals surface area contributed by atoms with E-state index in [0.29, 0.717) is 5.56 Å². The maximum absolute atomic E-state index is 12.1. The van der Waals surface area contributed by atoms with Gasteiger partial charge < -0.3 is 10.4 Å². The minimum absolute atomic E-state index is 0.0479. The Morgan fingerprint density at radius 3 is 2.32 bits per heavy atom. The van der Waals surface area contributed by atoms with E-state index in [1.54, 1.807) is 24.3 Å². The van der Waals surface area contributed by atoms with Gasteiger partial charge in [0.05, 0.1) is 6.04 Å². The molecular formula is C16H17NO2. The van der Waals surface area contributed by atoms with Crippen LogP contribution in [-0.4, -0.2) is 11.0 Å². The van der Waals surface area contributed by atoms with E-state index in [2.05, 4.69) is 5.32 Å². The van der Waals surface area contributed by atoms with Gasteiger partial charge in [-0.25, -0.2) is 0 Å².